The van der Waals surface area contributed by atoms with Crippen LogP contribution in [0, 0.1) is 6.92 Å². The number of nitrogens with zero attached hydrogens (tertiary/aromatic N) is 3. The molecule has 1 aromatic heterocycles. The summed E-state index contributed by atoms with van der Waals surface area (Å²) in [6.07, 6.45) is 0. The largest absolute Gasteiger partial charge is 1.00 e. The number of rotatable bonds is 5. The van der Waals surface area contributed by atoms with Gasteiger partial charge in [-0.25, -0.2) is 16.8 Å². The van der Waals surface area contributed by atoms with Crippen LogP contribution in [-0.4, -0.2) is 48.5 Å². The molecule has 0 aliphatic carbocycles. The summed E-state index contributed by atoms with van der Waals surface area (Å²) in [6.45, 7) is 0.810. The summed E-state index contributed by atoms with van der Waals surface area (Å²) in [5.41, 5.74) is 0. The first kappa shape index (κ1) is 18.0. The minimum Gasteiger partial charge on any atom is -0.726 e. The summed E-state index contributed by atoms with van der Waals surface area (Å²) in [5, 5.41) is 6.69. The first-order valence-corrected chi connectivity index (χ1v) is 7.31. The van der Waals surface area contributed by atoms with E-state index in [1.165, 1.54) is 11.6 Å². The van der Waals surface area contributed by atoms with Crippen LogP contribution in [-0.2, 0) is 31.5 Å². The molecule has 1 rings (SSSR count). The molecule has 18 heavy (non-hydrogen) atoms. The molecule has 98 valence electrons. The van der Waals surface area contributed by atoms with Gasteiger partial charge in [0.15, 0.2) is 0 Å². The van der Waals surface area contributed by atoms with E-state index in [1.807, 2.05) is 0 Å². The first-order chi connectivity index (χ1) is 7.63. The van der Waals surface area contributed by atoms with Crippen LogP contribution in [0.5, 0.6) is 0 Å². The Labute approximate surface area is 127 Å². The van der Waals surface area contributed by atoms with E-state index in [4.69, 9.17) is 0 Å². The van der Waals surface area contributed by atoms with Gasteiger partial charge in [0.1, 0.15) is 5.82 Å². The monoisotopic (exact) mass is 307 g/mol. The number of aromatic nitrogens is 3. The molecule has 0 aromatic carbocycles. The molecule has 0 radical (unpaired) electrons. The van der Waals surface area contributed by atoms with Crippen LogP contribution in [0.1, 0.15) is 5.82 Å². The molecule has 0 unspecified atom stereocenters. The average Bonchev–Trinajstić information content (AvgIpc) is 2.45. The maximum Gasteiger partial charge on any atom is 1.00 e. The predicted octanol–water partition coefficient (Wildman–Crippen LogP) is -4.62. The molecule has 0 bridgehead atoms. The van der Waals surface area contributed by atoms with Crippen LogP contribution >= 0.6 is 0 Å². The van der Waals surface area contributed by atoms with Crippen molar-refractivity contribution < 1.29 is 55.1 Å². The predicted molar refractivity (Wildman–Crippen MR) is 53.4 cm³/mol. The fraction of sp³-hybridized carbons (Fsp3) is 0.667. The Morgan fingerprint density at radius 3 is 2.22 bits per heavy atom. The van der Waals surface area contributed by atoms with E-state index in [1.54, 1.807) is 6.92 Å². The zero-order valence-electron chi connectivity index (χ0n) is 10.0. The van der Waals surface area contributed by atoms with Gasteiger partial charge in [0.05, 0.1) is 12.4 Å². The van der Waals surface area contributed by atoms with E-state index in [2.05, 4.69) is 14.4 Å². The Balaban J connectivity index is 0.00000289. The molecule has 0 fully saturated rings. The Kier molecular flexibility index (Phi) is 6.40. The molecule has 0 aliphatic heterocycles. The van der Waals surface area contributed by atoms with Gasteiger partial charge in [-0.15, -0.1) is 10.2 Å². The number of sulfone groups is 1. The van der Waals surface area contributed by atoms with Crippen LogP contribution in [0.15, 0.2) is 5.16 Å². The molecular weight excluding hydrogens is 297 g/mol. The molecule has 0 N–H and O–H groups in total. The zero-order valence-corrected chi connectivity index (χ0v) is 13.7. The summed E-state index contributed by atoms with van der Waals surface area (Å²) in [6, 6.07) is 0. The van der Waals surface area contributed by atoms with Gasteiger partial charge >= 0.3 is 29.6 Å². The van der Waals surface area contributed by atoms with Crippen molar-refractivity contribution >= 4 is 20.2 Å². The normalized spacial score (nSPS) is 12.2. The van der Waals surface area contributed by atoms with Crippen LogP contribution in [0.25, 0.3) is 0 Å². The number of hydrogen-bond acceptors (Lipinski definition) is 8. The van der Waals surface area contributed by atoms with E-state index in [-0.39, 0.29) is 34.7 Å². The number of aryl methyl sites for hydroxylation is 1. The van der Waals surface area contributed by atoms with Gasteiger partial charge in [-0.1, -0.05) is 0 Å². The third kappa shape index (κ3) is 4.91. The standard InChI is InChI=1S/C6H11N3O6S2.Na/c1-5-7-8-6(9(5)2)16(10,11)4-3-15-17(12,13)14;/h3-4H2,1-2H3,(H,12,13,14);/q;+1/p-1. The van der Waals surface area contributed by atoms with Crippen molar-refractivity contribution in [1.29, 1.82) is 0 Å². The van der Waals surface area contributed by atoms with Gasteiger partial charge in [-0.2, -0.15) is 0 Å². The molecule has 9 nitrogen and oxygen atoms in total. The second kappa shape index (κ2) is 6.41. The van der Waals surface area contributed by atoms with Gasteiger partial charge in [0.2, 0.25) is 25.4 Å². The minimum atomic E-state index is -4.89. The second-order valence-corrected chi connectivity index (χ2v) is 6.19. The van der Waals surface area contributed by atoms with Crippen LogP contribution in [0.3, 0.4) is 0 Å². The Morgan fingerprint density at radius 1 is 1.28 bits per heavy atom. The van der Waals surface area contributed by atoms with E-state index >= 15 is 0 Å². The van der Waals surface area contributed by atoms with Crippen molar-refractivity contribution in [3.63, 3.8) is 0 Å². The molecule has 0 spiro atoms. The fourth-order valence-corrected chi connectivity index (χ4v) is 2.59. The summed E-state index contributed by atoms with van der Waals surface area (Å²) in [5.74, 6) is -0.276. The van der Waals surface area contributed by atoms with Crippen molar-refractivity contribution in [2.75, 3.05) is 12.4 Å². The van der Waals surface area contributed by atoms with Gasteiger partial charge in [0.25, 0.3) is 0 Å². The van der Waals surface area contributed by atoms with Crippen molar-refractivity contribution in [2.45, 2.75) is 12.1 Å². The molecular formula is C6H10N3NaO6S2. The maximum absolute atomic E-state index is 11.7. The van der Waals surface area contributed by atoms with Crippen molar-refractivity contribution in [3.05, 3.63) is 5.82 Å². The van der Waals surface area contributed by atoms with Crippen LogP contribution < -0.4 is 29.6 Å². The van der Waals surface area contributed by atoms with E-state index in [9.17, 15) is 21.4 Å². The third-order valence-corrected chi connectivity index (χ3v) is 3.98. The molecule has 12 heteroatoms. The Bertz CT molecular complexity index is 607. The molecule has 1 heterocycles. The van der Waals surface area contributed by atoms with Gasteiger partial charge in [-0.05, 0) is 6.92 Å². The quantitative estimate of drug-likeness (QED) is 0.301. The van der Waals surface area contributed by atoms with Crippen LogP contribution in [0.4, 0.5) is 0 Å². The second-order valence-electron chi connectivity index (χ2n) is 3.14. The van der Waals surface area contributed by atoms with Crippen molar-refractivity contribution in [1.82, 2.24) is 14.8 Å². The molecule has 0 saturated heterocycles. The smallest absolute Gasteiger partial charge is 0.726 e. The fourth-order valence-electron chi connectivity index (χ4n) is 0.996. The van der Waals surface area contributed by atoms with Gasteiger partial charge in [0, 0.05) is 7.05 Å². The molecule has 0 saturated carbocycles. The Morgan fingerprint density at radius 2 is 1.83 bits per heavy atom. The van der Waals surface area contributed by atoms with E-state index < -0.39 is 32.6 Å². The number of hydrogen-bond donors (Lipinski definition) is 0. The summed E-state index contributed by atoms with van der Waals surface area (Å²) < 4.78 is 58.7. The molecule has 1 aromatic rings. The summed E-state index contributed by atoms with van der Waals surface area (Å²) in [7, 11) is -7.27. The zero-order chi connectivity index (χ0) is 13.3. The van der Waals surface area contributed by atoms with Crippen LogP contribution in [0.2, 0.25) is 0 Å². The Hall–Kier alpha value is -0.0400. The van der Waals surface area contributed by atoms with Crippen molar-refractivity contribution in [3.8, 4) is 0 Å². The van der Waals surface area contributed by atoms with Crippen molar-refractivity contribution in [2.24, 2.45) is 7.05 Å². The summed E-state index contributed by atoms with van der Waals surface area (Å²) >= 11 is 0. The van der Waals surface area contributed by atoms with E-state index in [0.717, 1.165) is 0 Å². The molecule has 0 atom stereocenters. The topological polar surface area (TPSA) is 131 Å². The van der Waals surface area contributed by atoms with Gasteiger partial charge in [-0.3, -0.25) is 4.18 Å². The molecule has 0 aliphatic rings. The SMILES string of the molecule is Cc1nnc(S(=O)(=O)CCOS(=O)(=O)[O-])n1C.[Na+]. The maximum atomic E-state index is 11.7. The first-order valence-electron chi connectivity index (χ1n) is 4.32. The molecule has 0 amide bonds. The van der Waals surface area contributed by atoms with E-state index in [0.29, 0.717) is 5.82 Å². The third-order valence-electron chi connectivity index (χ3n) is 1.91. The minimum absolute atomic E-state index is 0. The summed E-state index contributed by atoms with van der Waals surface area (Å²) in [4.78, 5) is 0. The average molecular weight is 307 g/mol. The van der Waals surface area contributed by atoms with Gasteiger partial charge < -0.3 is 9.12 Å².